The van der Waals surface area contributed by atoms with Crippen molar-refractivity contribution in [2.24, 2.45) is 17.6 Å². The Kier molecular flexibility index (Phi) is 3.84. The molecule has 1 aliphatic rings. The molecule has 5 heteroatoms. The van der Waals surface area contributed by atoms with E-state index in [1.54, 1.807) is 0 Å². The van der Waals surface area contributed by atoms with Crippen LogP contribution in [0.15, 0.2) is 18.2 Å². The van der Waals surface area contributed by atoms with Gasteiger partial charge in [-0.15, -0.1) is 0 Å². The molecular formula is C15H19F4N. The van der Waals surface area contributed by atoms with Crippen LogP contribution >= 0.6 is 0 Å². The highest BCUT2D eigenvalue weighted by Crippen LogP contribution is 2.43. The van der Waals surface area contributed by atoms with E-state index in [4.69, 9.17) is 5.73 Å². The van der Waals surface area contributed by atoms with Gasteiger partial charge >= 0.3 is 6.18 Å². The van der Waals surface area contributed by atoms with Gasteiger partial charge in [-0.3, -0.25) is 0 Å². The molecule has 0 aliphatic heterocycles. The van der Waals surface area contributed by atoms with Crippen molar-refractivity contribution in [1.82, 2.24) is 0 Å². The summed E-state index contributed by atoms with van der Waals surface area (Å²) in [6, 6.07) is 3.14. The molecule has 3 atom stereocenters. The Hall–Kier alpha value is -1.10. The zero-order valence-electron chi connectivity index (χ0n) is 11.6. The summed E-state index contributed by atoms with van der Waals surface area (Å²) >= 11 is 0. The van der Waals surface area contributed by atoms with Gasteiger partial charge in [0, 0.05) is 5.54 Å². The molecule has 1 aliphatic carbocycles. The Balaban J connectivity index is 2.47. The van der Waals surface area contributed by atoms with Gasteiger partial charge in [0.05, 0.1) is 5.56 Å². The summed E-state index contributed by atoms with van der Waals surface area (Å²) in [7, 11) is 0. The first-order chi connectivity index (χ1) is 9.14. The van der Waals surface area contributed by atoms with E-state index in [0.29, 0.717) is 17.9 Å². The number of nitrogens with two attached hydrogens (primary N) is 1. The molecule has 1 aromatic carbocycles. The zero-order valence-corrected chi connectivity index (χ0v) is 11.6. The van der Waals surface area contributed by atoms with Crippen LogP contribution < -0.4 is 5.73 Å². The number of benzene rings is 1. The number of rotatable bonds is 1. The summed E-state index contributed by atoms with van der Waals surface area (Å²) in [6.45, 7) is 3.99. The highest BCUT2D eigenvalue weighted by atomic mass is 19.4. The van der Waals surface area contributed by atoms with Crippen molar-refractivity contribution < 1.29 is 17.6 Å². The average molecular weight is 289 g/mol. The number of alkyl halides is 3. The van der Waals surface area contributed by atoms with Crippen LogP contribution in [-0.2, 0) is 11.7 Å². The van der Waals surface area contributed by atoms with Gasteiger partial charge in [-0.2, -0.15) is 13.2 Å². The molecule has 3 unspecified atom stereocenters. The third-order valence-corrected chi connectivity index (χ3v) is 4.47. The SMILES string of the molecule is CC1CCC(C)C(N)(c2ccc(F)c(C(F)(F)F)c2)C1. The minimum absolute atomic E-state index is 0.0743. The topological polar surface area (TPSA) is 26.0 Å². The lowest BCUT2D eigenvalue weighted by molar-refractivity contribution is -0.140. The largest absolute Gasteiger partial charge is 0.419 e. The van der Waals surface area contributed by atoms with Crippen LogP contribution in [0.5, 0.6) is 0 Å². The van der Waals surface area contributed by atoms with Crippen molar-refractivity contribution in [3.05, 3.63) is 35.1 Å². The van der Waals surface area contributed by atoms with Crippen LogP contribution in [0.2, 0.25) is 0 Å². The van der Waals surface area contributed by atoms with Crippen LogP contribution in [0.4, 0.5) is 17.6 Å². The van der Waals surface area contributed by atoms with E-state index in [2.05, 4.69) is 0 Å². The van der Waals surface area contributed by atoms with E-state index >= 15 is 0 Å². The van der Waals surface area contributed by atoms with E-state index in [9.17, 15) is 17.6 Å². The van der Waals surface area contributed by atoms with Gasteiger partial charge in [0.15, 0.2) is 0 Å². The predicted molar refractivity (Wildman–Crippen MR) is 69.4 cm³/mol. The zero-order chi connectivity index (χ0) is 15.1. The van der Waals surface area contributed by atoms with Crippen molar-refractivity contribution in [3.63, 3.8) is 0 Å². The third-order valence-electron chi connectivity index (χ3n) is 4.47. The van der Waals surface area contributed by atoms with Gasteiger partial charge in [0.1, 0.15) is 5.82 Å². The van der Waals surface area contributed by atoms with Crippen LogP contribution in [0, 0.1) is 17.7 Å². The molecule has 0 saturated heterocycles. The summed E-state index contributed by atoms with van der Waals surface area (Å²) in [4.78, 5) is 0. The van der Waals surface area contributed by atoms with Gasteiger partial charge in [0.25, 0.3) is 0 Å². The molecule has 0 radical (unpaired) electrons. The summed E-state index contributed by atoms with van der Waals surface area (Å²) < 4.78 is 51.8. The first-order valence-electron chi connectivity index (χ1n) is 6.80. The summed E-state index contributed by atoms with van der Waals surface area (Å²) in [6.07, 6.45) is -2.18. The standard InChI is InChI=1S/C15H19F4N/c1-9-3-4-10(2)14(20,8-9)11-5-6-13(16)12(7-11)15(17,18)19/h5-7,9-10H,3-4,8,20H2,1-2H3. The fraction of sp³-hybridized carbons (Fsp3) is 0.600. The highest BCUT2D eigenvalue weighted by Gasteiger charge is 2.41. The van der Waals surface area contributed by atoms with E-state index in [0.717, 1.165) is 25.0 Å². The summed E-state index contributed by atoms with van der Waals surface area (Å²) in [5.41, 5.74) is 4.72. The molecule has 0 aromatic heterocycles. The Morgan fingerprint density at radius 2 is 1.85 bits per heavy atom. The minimum atomic E-state index is -4.69. The molecule has 1 nitrogen and oxygen atoms in total. The first-order valence-corrected chi connectivity index (χ1v) is 6.80. The Labute approximate surface area is 116 Å². The van der Waals surface area contributed by atoms with Crippen LogP contribution in [0.25, 0.3) is 0 Å². The van der Waals surface area contributed by atoms with Crippen molar-refractivity contribution in [2.75, 3.05) is 0 Å². The molecule has 1 saturated carbocycles. The molecule has 0 heterocycles. The van der Waals surface area contributed by atoms with E-state index in [1.165, 1.54) is 6.07 Å². The number of hydrogen-bond acceptors (Lipinski definition) is 1. The second-order valence-corrected chi connectivity index (χ2v) is 6.02. The fourth-order valence-corrected chi connectivity index (χ4v) is 3.11. The van der Waals surface area contributed by atoms with Crippen molar-refractivity contribution in [2.45, 2.75) is 44.8 Å². The highest BCUT2D eigenvalue weighted by molar-refractivity contribution is 5.33. The Morgan fingerprint density at radius 3 is 2.45 bits per heavy atom. The van der Waals surface area contributed by atoms with Gasteiger partial charge in [-0.1, -0.05) is 26.3 Å². The molecule has 20 heavy (non-hydrogen) atoms. The molecule has 112 valence electrons. The normalized spacial score (nSPS) is 31.4. The van der Waals surface area contributed by atoms with Crippen molar-refractivity contribution in [3.8, 4) is 0 Å². The van der Waals surface area contributed by atoms with Gasteiger partial charge in [0.2, 0.25) is 0 Å². The van der Waals surface area contributed by atoms with Crippen LogP contribution in [0.3, 0.4) is 0 Å². The molecule has 2 rings (SSSR count). The lowest BCUT2D eigenvalue weighted by atomic mass is 9.67. The maximum absolute atomic E-state index is 13.4. The maximum Gasteiger partial charge on any atom is 0.419 e. The van der Waals surface area contributed by atoms with E-state index in [-0.39, 0.29) is 5.92 Å². The van der Waals surface area contributed by atoms with E-state index < -0.39 is 23.1 Å². The summed E-state index contributed by atoms with van der Waals surface area (Å²) in [5, 5.41) is 0. The third kappa shape index (κ3) is 2.68. The number of halogens is 4. The average Bonchev–Trinajstić information content (AvgIpc) is 2.33. The minimum Gasteiger partial charge on any atom is -0.321 e. The van der Waals surface area contributed by atoms with Gasteiger partial charge < -0.3 is 5.73 Å². The second kappa shape index (κ2) is 5.02. The van der Waals surface area contributed by atoms with Gasteiger partial charge in [-0.05, 0) is 42.4 Å². The first kappa shape index (κ1) is 15.3. The Morgan fingerprint density at radius 1 is 1.20 bits per heavy atom. The smallest absolute Gasteiger partial charge is 0.321 e. The fourth-order valence-electron chi connectivity index (χ4n) is 3.11. The predicted octanol–water partition coefficient (Wildman–Crippen LogP) is 4.45. The Bertz CT molecular complexity index is 497. The molecule has 2 N–H and O–H groups in total. The second-order valence-electron chi connectivity index (χ2n) is 6.02. The van der Waals surface area contributed by atoms with Crippen LogP contribution in [0.1, 0.15) is 44.2 Å². The summed E-state index contributed by atoms with van der Waals surface area (Å²) in [5.74, 6) is -0.817. The molecule has 0 bridgehead atoms. The molecule has 1 fully saturated rings. The molecule has 0 amide bonds. The number of hydrogen-bond donors (Lipinski definition) is 1. The molecule has 1 aromatic rings. The quantitative estimate of drug-likeness (QED) is 0.759. The van der Waals surface area contributed by atoms with Crippen molar-refractivity contribution in [1.29, 1.82) is 0 Å². The lowest BCUT2D eigenvalue weighted by Crippen LogP contribution is -2.47. The van der Waals surface area contributed by atoms with Gasteiger partial charge in [-0.25, -0.2) is 4.39 Å². The van der Waals surface area contributed by atoms with Crippen LogP contribution in [-0.4, -0.2) is 0 Å². The van der Waals surface area contributed by atoms with Crippen molar-refractivity contribution >= 4 is 0 Å². The lowest BCUT2D eigenvalue weighted by Gasteiger charge is -2.43. The maximum atomic E-state index is 13.4. The van der Waals surface area contributed by atoms with E-state index in [1.807, 2.05) is 13.8 Å². The molecular weight excluding hydrogens is 270 g/mol. The molecule has 0 spiro atoms. The monoisotopic (exact) mass is 289 g/mol.